The zero-order valence-electron chi connectivity index (χ0n) is 11.0. The maximum atomic E-state index is 9.19. The molecule has 3 aromatic rings. The van der Waals surface area contributed by atoms with Crippen molar-refractivity contribution in [2.24, 2.45) is 0 Å². The van der Waals surface area contributed by atoms with Gasteiger partial charge in [-0.05, 0) is 23.1 Å². The summed E-state index contributed by atoms with van der Waals surface area (Å²) in [7, 11) is 0. The summed E-state index contributed by atoms with van der Waals surface area (Å²) in [5.41, 5.74) is 2.15. The van der Waals surface area contributed by atoms with Gasteiger partial charge in [0.25, 0.3) is 0 Å². The van der Waals surface area contributed by atoms with Gasteiger partial charge in [0.05, 0.1) is 12.2 Å². The molecule has 2 aromatic heterocycles. The molecule has 0 aliphatic rings. The van der Waals surface area contributed by atoms with Crippen LogP contribution in [0.3, 0.4) is 0 Å². The standard InChI is InChI=1S/C15H11ClN4S/c16-13-6-2-1-4-11(13)10-20-15(14(9-17)18-19-20)8-12-5-3-7-21-12/h1-7H,8,10H2. The fourth-order valence-electron chi connectivity index (χ4n) is 2.09. The molecule has 1 aromatic carbocycles. The molecule has 0 saturated heterocycles. The minimum Gasteiger partial charge on any atom is -0.243 e. The highest BCUT2D eigenvalue weighted by Gasteiger charge is 2.14. The Kier molecular flexibility index (Phi) is 4.00. The number of halogens is 1. The minimum atomic E-state index is 0.371. The van der Waals surface area contributed by atoms with Gasteiger partial charge in [0.1, 0.15) is 6.07 Å². The van der Waals surface area contributed by atoms with Crippen LogP contribution < -0.4 is 0 Å². The largest absolute Gasteiger partial charge is 0.243 e. The van der Waals surface area contributed by atoms with Crippen LogP contribution in [0.15, 0.2) is 41.8 Å². The first-order chi connectivity index (χ1) is 10.3. The van der Waals surface area contributed by atoms with E-state index in [-0.39, 0.29) is 0 Å². The number of hydrogen-bond acceptors (Lipinski definition) is 4. The number of nitrogens with zero attached hydrogens (tertiary/aromatic N) is 4. The third-order valence-corrected chi connectivity index (χ3v) is 4.39. The number of aromatic nitrogens is 3. The van der Waals surface area contributed by atoms with E-state index in [1.807, 2.05) is 41.8 Å². The Balaban J connectivity index is 1.94. The minimum absolute atomic E-state index is 0.371. The quantitative estimate of drug-likeness (QED) is 0.740. The van der Waals surface area contributed by atoms with Gasteiger partial charge in [0.15, 0.2) is 5.69 Å². The Bertz CT molecular complexity index is 786. The second-order valence-corrected chi connectivity index (χ2v) is 5.94. The van der Waals surface area contributed by atoms with Gasteiger partial charge in [-0.1, -0.05) is 41.1 Å². The van der Waals surface area contributed by atoms with Crippen LogP contribution in [0.2, 0.25) is 5.02 Å². The molecule has 0 saturated carbocycles. The summed E-state index contributed by atoms with van der Waals surface area (Å²) in [5.74, 6) is 0. The molecule has 0 unspecified atom stereocenters. The number of nitriles is 1. The molecular formula is C15H11ClN4S. The summed E-state index contributed by atoms with van der Waals surface area (Å²) in [6.45, 7) is 0.509. The summed E-state index contributed by atoms with van der Waals surface area (Å²) in [6.07, 6.45) is 0.651. The second kappa shape index (κ2) is 6.08. The third-order valence-electron chi connectivity index (χ3n) is 3.14. The lowest BCUT2D eigenvalue weighted by Crippen LogP contribution is -2.07. The van der Waals surface area contributed by atoms with Crippen LogP contribution >= 0.6 is 22.9 Å². The average molecular weight is 315 g/mol. The lowest BCUT2D eigenvalue weighted by Gasteiger charge is -2.07. The fourth-order valence-corrected chi connectivity index (χ4v) is 2.99. The van der Waals surface area contributed by atoms with Crippen molar-refractivity contribution in [1.82, 2.24) is 15.0 Å². The highest BCUT2D eigenvalue weighted by Crippen LogP contribution is 2.20. The van der Waals surface area contributed by atoms with Gasteiger partial charge < -0.3 is 0 Å². The highest BCUT2D eigenvalue weighted by molar-refractivity contribution is 7.09. The summed E-state index contributed by atoms with van der Waals surface area (Å²) in [5, 5.41) is 19.9. The Hall–Kier alpha value is -2.16. The van der Waals surface area contributed by atoms with Crippen molar-refractivity contribution in [3.8, 4) is 6.07 Å². The predicted octanol–water partition coefficient (Wildman–Crippen LogP) is 3.50. The summed E-state index contributed by atoms with van der Waals surface area (Å²) >= 11 is 7.84. The molecule has 0 atom stereocenters. The van der Waals surface area contributed by atoms with Crippen LogP contribution in [-0.2, 0) is 13.0 Å². The van der Waals surface area contributed by atoms with Crippen LogP contribution in [0, 0.1) is 11.3 Å². The zero-order valence-corrected chi connectivity index (χ0v) is 12.6. The van der Waals surface area contributed by atoms with E-state index in [9.17, 15) is 5.26 Å². The van der Waals surface area contributed by atoms with Crippen LogP contribution in [-0.4, -0.2) is 15.0 Å². The molecule has 0 fully saturated rings. The Morgan fingerprint density at radius 2 is 2.10 bits per heavy atom. The van der Waals surface area contributed by atoms with Gasteiger partial charge in [-0.3, -0.25) is 0 Å². The number of rotatable bonds is 4. The van der Waals surface area contributed by atoms with Crippen molar-refractivity contribution >= 4 is 22.9 Å². The molecule has 0 aliphatic heterocycles. The molecule has 21 heavy (non-hydrogen) atoms. The number of benzene rings is 1. The molecule has 0 N–H and O–H groups in total. The van der Waals surface area contributed by atoms with Crippen LogP contribution in [0.4, 0.5) is 0 Å². The molecule has 104 valence electrons. The van der Waals surface area contributed by atoms with E-state index < -0.39 is 0 Å². The maximum Gasteiger partial charge on any atom is 0.186 e. The molecule has 0 aliphatic carbocycles. The fraction of sp³-hybridized carbons (Fsp3) is 0.133. The zero-order chi connectivity index (χ0) is 14.7. The van der Waals surface area contributed by atoms with Gasteiger partial charge in [-0.25, -0.2) is 4.68 Å². The van der Waals surface area contributed by atoms with E-state index in [2.05, 4.69) is 16.4 Å². The van der Waals surface area contributed by atoms with Gasteiger partial charge in [-0.2, -0.15) is 5.26 Å². The highest BCUT2D eigenvalue weighted by atomic mass is 35.5. The Labute approximate surface area is 131 Å². The first kappa shape index (κ1) is 13.8. The maximum absolute atomic E-state index is 9.19. The Morgan fingerprint density at radius 3 is 2.81 bits per heavy atom. The smallest absolute Gasteiger partial charge is 0.186 e. The number of thiophene rings is 1. The Morgan fingerprint density at radius 1 is 1.24 bits per heavy atom. The molecule has 2 heterocycles. The third kappa shape index (κ3) is 2.97. The summed E-state index contributed by atoms with van der Waals surface area (Å²) < 4.78 is 1.75. The second-order valence-electron chi connectivity index (χ2n) is 4.50. The SMILES string of the molecule is N#Cc1nnn(Cc2ccccc2Cl)c1Cc1cccs1. The predicted molar refractivity (Wildman–Crippen MR) is 82.4 cm³/mol. The molecule has 0 radical (unpaired) electrons. The van der Waals surface area contributed by atoms with Crippen molar-refractivity contribution in [2.45, 2.75) is 13.0 Å². The molecule has 4 nitrogen and oxygen atoms in total. The van der Waals surface area contributed by atoms with Gasteiger partial charge >= 0.3 is 0 Å². The molecule has 0 amide bonds. The van der Waals surface area contributed by atoms with Crippen molar-refractivity contribution in [1.29, 1.82) is 5.26 Å². The van der Waals surface area contributed by atoms with Crippen molar-refractivity contribution in [3.63, 3.8) is 0 Å². The van der Waals surface area contributed by atoms with Crippen molar-refractivity contribution in [3.05, 3.63) is 68.6 Å². The average Bonchev–Trinajstić information content (AvgIpc) is 3.13. The van der Waals surface area contributed by atoms with Crippen molar-refractivity contribution < 1.29 is 0 Å². The molecular weight excluding hydrogens is 304 g/mol. The van der Waals surface area contributed by atoms with Crippen LogP contribution in [0.5, 0.6) is 0 Å². The molecule has 6 heteroatoms. The number of hydrogen-bond donors (Lipinski definition) is 0. The lowest BCUT2D eigenvalue weighted by molar-refractivity contribution is 0.626. The van der Waals surface area contributed by atoms with Crippen LogP contribution in [0.1, 0.15) is 21.8 Å². The topological polar surface area (TPSA) is 54.5 Å². The van der Waals surface area contributed by atoms with Gasteiger partial charge in [0, 0.05) is 16.3 Å². The van der Waals surface area contributed by atoms with Gasteiger partial charge in [-0.15, -0.1) is 16.4 Å². The monoisotopic (exact) mass is 314 g/mol. The summed E-state index contributed by atoms with van der Waals surface area (Å²) in [6, 6.07) is 13.8. The van der Waals surface area contributed by atoms with E-state index in [0.29, 0.717) is 23.7 Å². The van der Waals surface area contributed by atoms with E-state index in [0.717, 1.165) is 11.3 Å². The van der Waals surface area contributed by atoms with E-state index >= 15 is 0 Å². The summed E-state index contributed by atoms with van der Waals surface area (Å²) in [4.78, 5) is 1.18. The molecule has 3 rings (SSSR count). The normalized spacial score (nSPS) is 10.5. The van der Waals surface area contributed by atoms with E-state index in [1.165, 1.54) is 4.88 Å². The molecule has 0 bridgehead atoms. The molecule has 0 spiro atoms. The van der Waals surface area contributed by atoms with E-state index in [1.54, 1.807) is 16.0 Å². The van der Waals surface area contributed by atoms with Crippen LogP contribution in [0.25, 0.3) is 0 Å². The first-order valence-electron chi connectivity index (χ1n) is 6.36. The lowest BCUT2D eigenvalue weighted by atomic mass is 10.2. The first-order valence-corrected chi connectivity index (χ1v) is 7.62. The van der Waals surface area contributed by atoms with E-state index in [4.69, 9.17) is 11.6 Å². The van der Waals surface area contributed by atoms with Crippen molar-refractivity contribution in [2.75, 3.05) is 0 Å². The van der Waals surface area contributed by atoms with Gasteiger partial charge in [0.2, 0.25) is 0 Å².